The highest BCUT2D eigenvalue weighted by Crippen LogP contribution is 2.15. The van der Waals surface area contributed by atoms with Crippen LogP contribution < -0.4 is 4.74 Å². The molecule has 0 saturated carbocycles. The van der Waals surface area contributed by atoms with E-state index < -0.39 is 0 Å². The molecule has 0 saturated heterocycles. The van der Waals surface area contributed by atoms with Gasteiger partial charge in [0.1, 0.15) is 12.4 Å². The van der Waals surface area contributed by atoms with Crippen LogP contribution >= 0.6 is 0 Å². The molecule has 1 aromatic rings. The highest BCUT2D eigenvalue weighted by Gasteiger charge is 1.97. The molecule has 0 N–H and O–H groups in total. The van der Waals surface area contributed by atoms with E-state index in [4.69, 9.17) is 9.47 Å². The molecule has 0 spiro atoms. The minimum absolute atomic E-state index is 0.645. The second kappa shape index (κ2) is 16.4. The molecule has 0 amide bonds. The first kappa shape index (κ1) is 22.0. The zero-order valence-electron chi connectivity index (χ0n) is 16.7. The van der Waals surface area contributed by atoms with Crippen molar-refractivity contribution < 1.29 is 9.47 Å². The van der Waals surface area contributed by atoms with E-state index in [2.05, 4.69) is 38.1 Å². The van der Waals surface area contributed by atoms with Crippen LogP contribution in [0.5, 0.6) is 5.75 Å². The molecule has 0 aliphatic rings. The van der Waals surface area contributed by atoms with E-state index in [1.807, 2.05) is 0 Å². The fraction of sp³-hybridized carbons (Fsp3) is 0.739. The predicted octanol–water partition coefficient (Wildman–Crippen LogP) is 6.96. The summed E-state index contributed by atoms with van der Waals surface area (Å²) in [5, 5.41) is 0. The van der Waals surface area contributed by atoms with Crippen LogP contribution in [0.2, 0.25) is 0 Å². The van der Waals surface area contributed by atoms with Crippen molar-refractivity contribution in [1.82, 2.24) is 0 Å². The van der Waals surface area contributed by atoms with Crippen LogP contribution in [0.15, 0.2) is 24.3 Å². The molecule has 0 aliphatic heterocycles. The van der Waals surface area contributed by atoms with Crippen molar-refractivity contribution >= 4 is 0 Å². The number of unbranched alkanes of at least 4 members (excludes halogenated alkanes) is 9. The summed E-state index contributed by atoms with van der Waals surface area (Å²) < 4.78 is 11.4. The van der Waals surface area contributed by atoms with Crippen molar-refractivity contribution in [3.05, 3.63) is 29.8 Å². The molecule has 0 bridgehead atoms. The van der Waals surface area contributed by atoms with Gasteiger partial charge in [-0.15, -0.1) is 0 Å². The van der Waals surface area contributed by atoms with E-state index >= 15 is 0 Å². The number of benzene rings is 1. The Labute approximate surface area is 156 Å². The van der Waals surface area contributed by atoms with Gasteiger partial charge in [0.2, 0.25) is 0 Å². The number of hydrogen-bond donors (Lipinski definition) is 0. The van der Waals surface area contributed by atoms with Gasteiger partial charge in [-0.25, -0.2) is 0 Å². The van der Waals surface area contributed by atoms with Crippen molar-refractivity contribution in [2.24, 2.45) is 0 Å². The molecule has 0 unspecified atom stereocenters. The van der Waals surface area contributed by atoms with Gasteiger partial charge in [-0.3, -0.25) is 0 Å². The van der Waals surface area contributed by atoms with Gasteiger partial charge < -0.3 is 9.47 Å². The standard InChI is InChI=1S/C23H40O2/c1-3-5-7-9-10-12-14-22-15-17-23(18-16-22)25-21-20-24-19-13-11-8-6-4-2/h15-18H,3-14,19-21H2,1-2H3. The van der Waals surface area contributed by atoms with Crippen LogP contribution in [0.4, 0.5) is 0 Å². The maximum absolute atomic E-state index is 5.75. The molecule has 0 radical (unpaired) electrons. The molecular formula is C23H40O2. The van der Waals surface area contributed by atoms with Crippen LogP contribution in [0.25, 0.3) is 0 Å². The van der Waals surface area contributed by atoms with Crippen LogP contribution in [0.1, 0.15) is 90.0 Å². The Bertz CT molecular complexity index is 386. The molecule has 2 heteroatoms. The average Bonchev–Trinajstić information content (AvgIpc) is 2.64. The maximum atomic E-state index is 5.75. The minimum atomic E-state index is 0.645. The minimum Gasteiger partial charge on any atom is -0.491 e. The summed E-state index contributed by atoms with van der Waals surface area (Å²) in [6.45, 7) is 6.71. The van der Waals surface area contributed by atoms with Gasteiger partial charge in [0.05, 0.1) is 6.61 Å². The molecule has 2 nitrogen and oxygen atoms in total. The molecule has 25 heavy (non-hydrogen) atoms. The van der Waals surface area contributed by atoms with Crippen LogP contribution in [0, 0.1) is 0 Å². The number of ether oxygens (including phenoxy) is 2. The highest BCUT2D eigenvalue weighted by molar-refractivity contribution is 5.27. The fourth-order valence-corrected chi connectivity index (χ4v) is 2.99. The highest BCUT2D eigenvalue weighted by atomic mass is 16.5. The van der Waals surface area contributed by atoms with E-state index in [-0.39, 0.29) is 0 Å². The lowest BCUT2D eigenvalue weighted by Crippen LogP contribution is -2.07. The van der Waals surface area contributed by atoms with E-state index in [9.17, 15) is 0 Å². The van der Waals surface area contributed by atoms with Gasteiger partial charge in [-0.1, -0.05) is 83.8 Å². The lowest BCUT2D eigenvalue weighted by atomic mass is 10.0. The zero-order valence-corrected chi connectivity index (χ0v) is 16.7. The Morgan fingerprint density at radius 2 is 1.20 bits per heavy atom. The van der Waals surface area contributed by atoms with Gasteiger partial charge in [0.25, 0.3) is 0 Å². The summed E-state index contributed by atoms with van der Waals surface area (Å²) in [6, 6.07) is 8.60. The van der Waals surface area contributed by atoms with E-state index in [1.165, 1.54) is 82.6 Å². The second-order valence-electron chi connectivity index (χ2n) is 7.04. The Morgan fingerprint density at radius 1 is 0.600 bits per heavy atom. The Balaban J connectivity index is 1.99. The van der Waals surface area contributed by atoms with E-state index in [0.29, 0.717) is 13.2 Å². The zero-order chi connectivity index (χ0) is 18.0. The largest absolute Gasteiger partial charge is 0.491 e. The maximum Gasteiger partial charge on any atom is 0.119 e. The van der Waals surface area contributed by atoms with Crippen molar-refractivity contribution in [2.45, 2.75) is 90.9 Å². The molecule has 0 fully saturated rings. The molecule has 144 valence electrons. The molecule has 1 rings (SSSR count). The SMILES string of the molecule is CCCCCCCCc1ccc(OCCOCCCCCCC)cc1. The quantitative estimate of drug-likeness (QED) is 0.283. The lowest BCUT2D eigenvalue weighted by Gasteiger charge is -2.08. The van der Waals surface area contributed by atoms with Gasteiger partial charge in [0, 0.05) is 6.61 Å². The smallest absolute Gasteiger partial charge is 0.119 e. The number of hydrogen-bond acceptors (Lipinski definition) is 2. The summed E-state index contributed by atoms with van der Waals surface area (Å²) >= 11 is 0. The molecule has 0 heterocycles. The van der Waals surface area contributed by atoms with Gasteiger partial charge >= 0.3 is 0 Å². The molecule has 0 aliphatic carbocycles. The number of aryl methyl sites for hydroxylation is 1. The molecule has 1 aromatic carbocycles. The molecule has 0 aromatic heterocycles. The predicted molar refractivity (Wildman–Crippen MR) is 109 cm³/mol. The summed E-state index contributed by atoms with van der Waals surface area (Å²) in [5.41, 5.74) is 1.42. The first-order chi connectivity index (χ1) is 12.4. The van der Waals surface area contributed by atoms with Crippen LogP contribution in [0.3, 0.4) is 0 Å². The number of rotatable bonds is 17. The average molecular weight is 349 g/mol. The van der Waals surface area contributed by atoms with Crippen molar-refractivity contribution in [2.75, 3.05) is 19.8 Å². The fourth-order valence-electron chi connectivity index (χ4n) is 2.99. The Kier molecular flexibility index (Phi) is 14.5. The van der Waals surface area contributed by atoms with Crippen molar-refractivity contribution in [3.8, 4) is 5.75 Å². The van der Waals surface area contributed by atoms with E-state index in [0.717, 1.165) is 12.4 Å². The van der Waals surface area contributed by atoms with Crippen LogP contribution in [-0.2, 0) is 11.2 Å². The van der Waals surface area contributed by atoms with Crippen molar-refractivity contribution in [3.63, 3.8) is 0 Å². The lowest BCUT2D eigenvalue weighted by molar-refractivity contribution is 0.0971. The Morgan fingerprint density at radius 3 is 1.88 bits per heavy atom. The topological polar surface area (TPSA) is 18.5 Å². The van der Waals surface area contributed by atoms with Gasteiger partial charge in [0.15, 0.2) is 0 Å². The summed E-state index contributed by atoms with van der Waals surface area (Å²) in [5.74, 6) is 0.957. The summed E-state index contributed by atoms with van der Waals surface area (Å²) in [4.78, 5) is 0. The third kappa shape index (κ3) is 12.9. The summed E-state index contributed by atoms with van der Waals surface area (Å²) in [6.07, 6.45) is 15.8. The van der Waals surface area contributed by atoms with Gasteiger partial charge in [-0.05, 0) is 37.0 Å². The van der Waals surface area contributed by atoms with Crippen molar-refractivity contribution in [1.29, 1.82) is 0 Å². The molecule has 0 atom stereocenters. The van der Waals surface area contributed by atoms with Crippen LogP contribution in [-0.4, -0.2) is 19.8 Å². The second-order valence-corrected chi connectivity index (χ2v) is 7.04. The molecular weight excluding hydrogens is 308 g/mol. The third-order valence-electron chi connectivity index (χ3n) is 4.63. The normalized spacial score (nSPS) is 11.0. The first-order valence-corrected chi connectivity index (χ1v) is 10.7. The summed E-state index contributed by atoms with van der Waals surface area (Å²) in [7, 11) is 0. The van der Waals surface area contributed by atoms with E-state index in [1.54, 1.807) is 0 Å². The Hall–Kier alpha value is -1.02. The monoisotopic (exact) mass is 348 g/mol. The van der Waals surface area contributed by atoms with Gasteiger partial charge in [-0.2, -0.15) is 0 Å². The third-order valence-corrected chi connectivity index (χ3v) is 4.63. The first-order valence-electron chi connectivity index (χ1n) is 10.7.